The Hall–Kier alpha value is -1.39. The molecule has 1 fully saturated rings. The molecule has 0 spiro atoms. The first-order chi connectivity index (χ1) is 12.8. The Labute approximate surface area is 157 Å². The molecule has 150 valence electrons. The van der Waals surface area contributed by atoms with Crippen LogP contribution < -0.4 is 0 Å². The lowest BCUT2D eigenvalue weighted by atomic mass is 9.70. The molecule has 27 heavy (non-hydrogen) atoms. The smallest absolute Gasteiger partial charge is 0.203 e. The highest BCUT2D eigenvalue weighted by Gasteiger charge is 2.36. The van der Waals surface area contributed by atoms with Gasteiger partial charge in [0.25, 0.3) is 0 Å². The summed E-state index contributed by atoms with van der Waals surface area (Å²) in [5, 5.41) is 0. The van der Waals surface area contributed by atoms with Gasteiger partial charge >= 0.3 is 6.18 Å². The van der Waals surface area contributed by atoms with E-state index >= 15 is 0 Å². The van der Waals surface area contributed by atoms with E-state index in [1.165, 1.54) is 38.5 Å². The minimum absolute atomic E-state index is 0.0226. The maximum absolute atomic E-state index is 14.2. The van der Waals surface area contributed by atoms with Crippen LogP contribution >= 0.6 is 0 Å². The van der Waals surface area contributed by atoms with Gasteiger partial charge in [-0.25, -0.2) is 8.78 Å². The molecule has 5 heteroatoms. The fraction of sp³-hybridized carbons (Fsp3) is 0.636. The molecule has 0 saturated heterocycles. The maximum atomic E-state index is 14.2. The number of benzene rings is 1. The fourth-order valence-electron chi connectivity index (χ4n) is 4.90. The minimum atomic E-state index is -4.88. The number of halogens is 5. The standard InChI is InChI=1S/C22H27F5/c1-2-3-14-4-6-15(7-5-14)16-8-10-17(11-9-16)18-12-13-19(22(25,26)27)21(24)20(18)23/h10,12-16H,2-9,11H2,1H3/t14-,15-,16?. The van der Waals surface area contributed by atoms with Crippen LogP contribution in [0.4, 0.5) is 22.0 Å². The summed E-state index contributed by atoms with van der Waals surface area (Å²) in [4.78, 5) is 0. The second kappa shape index (κ2) is 8.32. The predicted octanol–water partition coefficient (Wildman–Crippen LogP) is 7.77. The van der Waals surface area contributed by atoms with Gasteiger partial charge < -0.3 is 0 Å². The normalized spacial score (nSPS) is 26.7. The molecule has 1 saturated carbocycles. The van der Waals surface area contributed by atoms with Gasteiger partial charge in [0, 0.05) is 5.56 Å². The van der Waals surface area contributed by atoms with Crippen LogP contribution in [0.3, 0.4) is 0 Å². The topological polar surface area (TPSA) is 0 Å². The van der Waals surface area contributed by atoms with Crippen molar-refractivity contribution in [2.45, 2.75) is 70.9 Å². The molecule has 0 amide bonds. The summed E-state index contributed by atoms with van der Waals surface area (Å²) in [7, 11) is 0. The van der Waals surface area contributed by atoms with Crippen LogP contribution in [-0.2, 0) is 6.18 Å². The van der Waals surface area contributed by atoms with E-state index in [-0.39, 0.29) is 5.56 Å². The Bertz CT molecular complexity index is 681. The van der Waals surface area contributed by atoms with E-state index in [2.05, 4.69) is 6.92 Å². The molecule has 0 N–H and O–H groups in total. The van der Waals surface area contributed by atoms with E-state index in [0.717, 1.165) is 24.8 Å². The largest absolute Gasteiger partial charge is 0.419 e. The third-order valence-electron chi connectivity index (χ3n) is 6.44. The van der Waals surface area contributed by atoms with Gasteiger partial charge in [-0.2, -0.15) is 13.2 Å². The third kappa shape index (κ3) is 4.55. The SMILES string of the molecule is CCC[C@H]1CC[C@H](C2CC=C(c3ccc(C(F)(F)F)c(F)c3F)CC2)CC1. The van der Waals surface area contributed by atoms with Gasteiger partial charge in [0.05, 0.1) is 5.56 Å². The van der Waals surface area contributed by atoms with Crippen molar-refractivity contribution < 1.29 is 22.0 Å². The molecule has 0 bridgehead atoms. The Morgan fingerprint density at radius 1 is 0.926 bits per heavy atom. The van der Waals surface area contributed by atoms with Crippen LogP contribution in [0.1, 0.15) is 75.8 Å². The lowest BCUT2D eigenvalue weighted by molar-refractivity contribution is -0.140. The van der Waals surface area contributed by atoms with Crippen LogP contribution in [-0.4, -0.2) is 0 Å². The van der Waals surface area contributed by atoms with Gasteiger partial charge in [-0.3, -0.25) is 0 Å². The highest BCUT2D eigenvalue weighted by molar-refractivity contribution is 5.67. The van der Waals surface area contributed by atoms with Crippen LogP contribution in [0.25, 0.3) is 5.57 Å². The molecule has 2 aliphatic rings. The van der Waals surface area contributed by atoms with Crippen molar-refractivity contribution in [2.75, 3.05) is 0 Å². The molecule has 0 aromatic heterocycles. The average molecular weight is 386 g/mol. The predicted molar refractivity (Wildman–Crippen MR) is 97.0 cm³/mol. The molecular weight excluding hydrogens is 359 g/mol. The Morgan fingerprint density at radius 3 is 2.19 bits per heavy atom. The van der Waals surface area contributed by atoms with Crippen LogP contribution in [0.5, 0.6) is 0 Å². The Kier molecular flexibility index (Phi) is 6.27. The number of hydrogen-bond donors (Lipinski definition) is 0. The van der Waals surface area contributed by atoms with Gasteiger partial charge in [0.2, 0.25) is 0 Å². The quantitative estimate of drug-likeness (QED) is 0.464. The van der Waals surface area contributed by atoms with Gasteiger partial charge in [-0.05, 0) is 61.5 Å². The number of alkyl halides is 3. The lowest BCUT2D eigenvalue weighted by Gasteiger charge is -2.35. The summed E-state index contributed by atoms with van der Waals surface area (Å²) < 4.78 is 66.2. The molecular formula is C22H27F5. The number of hydrogen-bond acceptors (Lipinski definition) is 0. The van der Waals surface area contributed by atoms with Crippen molar-refractivity contribution in [1.29, 1.82) is 0 Å². The monoisotopic (exact) mass is 386 g/mol. The van der Waals surface area contributed by atoms with E-state index in [0.29, 0.717) is 29.9 Å². The molecule has 0 aliphatic heterocycles. The Balaban J connectivity index is 1.67. The average Bonchev–Trinajstić information content (AvgIpc) is 2.64. The van der Waals surface area contributed by atoms with E-state index in [1.54, 1.807) is 0 Å². The summed E-state index contributed by atoms with van der Waals surface area (Å²) in [6, 6.07) is 1.72. The zero-order chi connectivity index (χ0) is 19.6. The fourth-order valence-corrected chi connectivity index (χ4v) is 4.90. The molecule has 1 aromatic rings. The molecule has 0 heterocycles. The molecule has 0 radical (unpaired) electrons. The summed E-state index contributed by atoms with van der Waals surface area (Å²) in [5.41, 5.74) is -0.927. The minimum Gasteiger partial charge on any atom is -0.203 e. The number of rotatable bonds is 4. The van der Waals surface area contributed by atoms with Crippen LogP contribution in [0.15, 0.2) is 18.2 Å². The van der Waals surface area contributed by atoms with E-state index in [4.69, 9.17) is 0 Å². The second-order valence-corrected chi connectivity index (χ2v) is 8.12. The molecule has 1 unspecified atom stereocenters. The zero-order valence-electron chi connectivity index (χ0n) is 15.7. The van der Waals surface area contributed by atoms with Crippen molar-refractivity contribution in [3.8, 4) is 0 Å². The zero-order valence-corrected chi connectivity index (χ0v) is 15.7. The lowest BCUT2D eigenvalue weighted by Crippen LogP contribution is -2.23. The van der Waals surface area contributed by atoms with Crippen molar-refractivity contribution in [3.05, 3.63) is 41.0 Å². The second-order valence-electron chi connectivity index (χ2n) is 8.12. The molecule has 3 rings (SSSR count). The van der Waals surface area contributed by atoms with Crippen molar-refractivity contribution in [1.82, 2.24) is 0 Å². The third-order valence-corrected chi connectivity index (χ3v) is 6.44. The highest BCUT2D eigenvalue weighted by Crippen LogP contribution is 2.43. The van der Waals surface area contributed by atoms with Crippen LogP contribution in [0, 0.1) is 29.4 Å². The van der Waals surface area contributed by atoms with E-state index in [9.17, 15) is 22.0 Å². The first kappa shape index (κ1) is 20.3. The number of allylic oxidation sites excluding steroid dienone is 2. The van der Waals surface area contributed by atoms with E-state index in [1.807, 2.05) is 6.08 Å². The maximum Gasteiger partial charge on any atom is 0.419 e. The summed E-state index contributed by atoms with van der Waals surface area (Å²) >= 11 is 0. The van der Waals surface area contributed by atoms with Crippen molar-refractivity contribution in [2.24, 2.45) is 17.8 Å². The van der Waals surface area contributed by atoms with Gasteiger partial charge in [-0.15, -0.1) is 0 Å². The Morgan fingerprint density at radius 2 is 1.63 bits per heavy atom. The van der Waals surface area contributed by atoms with E-state index < -0.39 is 23.4 Å². The first-order valence-corrected chi connectivity index (χ1v) is 10.1. The van der Waals surface area contributed by atoms with Crippen LogP contribution in [0.2, 0.25) is 0 Å². The highest BCUT2D eigenvalue weighted by atomic mass is 19.4. The molecule has 2 aliphatic carbocycles. The van der Waals surface area contributed by atoms with Gasteiger partial charge in [-0.1, -0.05) is 44.7 Å². The van der Waals surface area contributed by atoms with Gasteiger partial charge in [0.1, 0.15) is 0 Å². The van der Waals surface area contributed by atoms with Gasteiger partial charge in [0.15, 0.2) is 11.6 Å². The van der Waals surface area contributed by atoms with Crippen molar-refractivity contribution in [3.63, 3.8) is 0 Å². The molecule has 0 nitrogen and oxygen atoms in total. The van der Waals surface area contributed by atoms with Crippen molar-refractivity contribution >= 4 is 5.57 Å². The first-order valence-electron chi connectivity index (χ1n) is 10.1. The summed E-state index contributed by atoms with van der Waals surface area (Å²) in [6.07, 6.45) is 6.92. The molecule has 1 aromatic carbocycles. The summed E-state index contributed by atoms with van der Waals surface area (Å²) in [6.45, 7) is 2.22. The summed E-state index contributed by atoms with van der Waals surface area (Å²) in [5.74, 6) is -1.08. The molecule has 1 atom stereocenters.